The Bertz CT molecular complexity index is 312. The number of amides is 2. The zero-order chi connectivity index (χ0) is 13.7. The lowest BCUT2D eigenvalue weighted by atomic mass is 9.96. The number of nitrogens with one attached hydrogen (secondary N) is 2. The lowest BCUT2D eigenvalue weighted by Crippen LogP contribution is -2.76. The summed E-state index contributed by atoms with van der Waals surface area (Å²) in [6.45, 7) is 0. The summed E-state index contributed by atoms with van der Waals surface area (Å²) in [5.74, 6) is 0. The molecule has 1 aliphatic rings. The maximum atomic E-state index is 12.3. The zero-order valence-electron chi connectivity index (χ0n) is 7.78. The first-order valence-electron chi connectivity index (χ1n) is 3.99. The van der Waals surface area contributed by atoms with Gasteiger partial charge in [0.1, 0.15) is 0 Å². The molecule has 0 aliphatic carbocycles. The van der Waals surface area contributed by atoms with Gasteiger partial charge in [0.15, 0.2) is 0 Å². The Hall–Kier alpha value is -1.23. The van der Waals surface area contributed by atoms with E-state index >= 15 is 0 Å². The Kier molecular flexibility index (Phi) is 2.75. The first-order chi connectivity index (χ1) is 7.31. The number of carbonyl (C=O) groups is 1. The second kappa shape index (κ2) is 3.38. The van der Waals surface area contributed by atoms with E-state index in [9.17, 15) is 31.1 Å². The van der Waals surface area contributed by atoms with E-state index in [0.29, 0.717) is 0 Å². The second-order valence-corrected chi connectivity index (χ2v) is 3.47. The fraction of sp³-hybridized carbons (Fsp3) is 0.833. The minimum absolute atomic E-state index is 0.880. The minimum Gasteiger partial charge on any atom is -0.363 e. The van der Waals surface area contributed by atoms with E-state index in [0.717, 1.165) is 10.6 Å². The van der Waals surface area contributed by atoms with Crippen LogP contribution < -0.4 is 10.6 Å². The first kappa shape index (κ1) is 13.8. The van der Waals surface area contributed by atoms with E-state index in [2.05, 4.69) is 0 Å². The average Bonchev–Trinajstić information content (AvgIpc) is 1.96. The Balaban J connectivity index is 3.14. The number of urea groups is 1. The molecule has 1 saturated heterocycles. The Morgan fingerprint density at radius 2 is 1.24 bits per heavy atom. The number of halogens is 6. The molecular weight excluding hydrogens is 262 g/mol. The normalized spacial score (nSPS) is 35.2. The standard InChI is InChI=1S/C6H6F6N2O3/c7-5(8,9)3(16)1-4(17,6(10,11)12)14-2(15)13-3/h16-17H,1H2,(H2,13,14,15)/t3-,4-/m1/s1. The molecule has 0 unspecified atom stereocenters. The molecule has 0 spiro atoms. The largest absolute Gasteiger partial charge is 0.436 e. The average molecular weight is 268 g/mol. The first-order valence-corrected chi connectivity index (χ1v) is 3.99. The number of carbonyl (C=O) groups excluding carboxylic acids is 1. The summed E-state index contributed by atoms with van der Waals surface area (Å²) in [6.07, 6.45) is -13.3. The van der Waals surface area contributed by atoms with Crippen molar-refractivity contribution >= 4 is 6.03 Å². The van der Waals surface area contributed by atoms with Gasteiger partial charge in [0.05, 0.1) is 6.42 Å². The number of alkyl halides is 6. The van der Waals surface area contributed by atoms with Crippen molar-refractivity contribution in [3.05, 3.63) is 0 Å². The summed E-state index contributed by atoms with van der Waals surface area (Å²) in [7, 11) is 0. The molecule has 0 bridgehead atoms. The van der Waals surface area contributed by atoms with Crippen LogP contribution in [-0.2, 0) is 0 Å². The van der Waals surface area contributed by atoms with Crippen molar-refractivity contribution in [2.24, 2.45) is 0 Å². The third kappa shape index (κ3) is 2.24. The van der Waals surface area contributed by atoms with Crippen LogP contribution in [-0.4, -0.2) is 40.0 Å². The maximum Gasteiger partial charge on any atom is 0.436 e. The van der Waals surface area contributed by atoms with Crippen LogP contribution in [0.15, 0.2) is 0 Å². The van der Waals surface area contributed by atoms with Crippen molar-refractivity contribution in [3.8, 4) is 0 Å². The highest BCUT2D eigenvalue weighted by Gasteiger charge is 2.68. The lowest BCUT2D eigenvalue weighted by Gasteiger charge is -2.43. The summed E-state index contributed by atoms with van der Waals surface area (Å²) >= 11 is 0. The van der Waals surface area contributed by atoms with E-state index in [4.69, 9.17) is 10.2 Å². The molecule has 0 aromatic rings. The van der Waals surface area contributed by atoms with Crippen LogP contribution in [0.2, 0.25) is 0 Å². The van der Waals surface area contributed by atoms with Gasteiger partial charge in [0, 0.05) is 0 Å². The van der Waals surface area contributed by atoms with Crippen LogP contribution in [0.1, 0.15) is 6.42 Å². The highest BCUT2D eigenvalue weighted by Crippen LogP contribution is 2.41. The quantitative estimate of drug-likeness (QED) is 0.473. The molecule has 0 radical (unpaired) electrons. The molecule has 2 atom stereocenters. The van der Waals surface area contributed by atoms with Gasteiger partial charge >= 0.3 is 18.4 Å². The van der Waals surface area contributed by atoms with Crippen LogP contribution in [0.3, 0.4) is 0 Å². The fourth-order valence-corrected chi connectivity index (χ4v) is 1.21. The summed E-state index contributed by atoms with van der Waals surface area (Å²) in [4.78, 5) is 10.6. The van der Waals surface area contributed by atoms with E-state index < -0.39 is 36.3 Å². The third-order valence-corrected chi connectivity index (χ3v) is 2.09. The Morgan fingerprint density at radius 1 is 0.941 bits per heavy atom. The SMILES string of the molecule is O=C1N[C@](O)(C(F)(F)F)C[C@@](O)(C(F)(F)F)N1. The van der Waals surface area contributed by atoms with Gasteiger partial charge < -0.3 is 20.8 Å². The molecule has 17 heavy (non-hydrogen) atoms. The number of aliphatic hydroxyl groups is 2. The van der Waals surface area contributed by atoms with Gasteiger partial charge in [-0.15, -0.1) is 0 Å². The van der Waals surface area contributed by atoms with Gasteiger partial charge in [-0.1, -0.05) is 0 Å². The van der Waals surface area contributed by atoms with E-state index in [1.165, 1.54) is 0 Å². The van der Waals surface area contributed by atoms with Crippen LogP contribution in [0.25, 0.3) is 0 Å². The van der Waals surface area contributed by atoms with Crippen molar-refractivity contribution < 1.29 is 41.4 Å². The van der Waals surface area contributed by atoms with E-state index in [1.807, 2.05) is 0 Å². The van der Waals surface area contributed by atoms with Gasteiger partial charge in [0.2, 0.25) is 11.4 Å². The predicted molar refractivity (Wildman–Crippen MR) is 38.3 cm³/mol. The fourth-order valence-electron chi connectivity index (χ4n) is 1.21. The second-order valence-electron chi connectivity index (χ2n) is 3.47. The predicted octanol–water partition coefficient (Wildman–Crippen LogP) is 0.191. The molecule has 2 amide bonds. The summed E-state index contributed by atoms with van der Waals surface area (Å²) < 4.78 is 73.6. The minimum atomic E-state index is -5.57. The Morgan fingerprint density at radius 3 is 1.47 bits per heavy atom. The van der Waals surface area contributed by atoms with Crippen LogP contribution in [0, 0.1) is 0 Å². The molecule has 4 N–H and O–H groups in total. The maximum absolute atomic E-state index is 12.3. The molecule has 100 valence electrons. The van der Waals surface area contributed by atoms with Crippen LogP contribution in [0.5, 0.6) is 0 Å². The molecule has 0 aromatic heterocycles. The molecule has 0 saturated carbocycles. The van der Waals surface area contributed by atoms with Gasteiger partial charge in [-0.3, -0.25) is 0 Å². The lowest BCUT2D eigenvalue weighted by molar-refractivity contribution is -0.333. The van der Waals surface area contributed by atoms with E-state index in [-0.39, 0.29) is 0 Å². The van der Waals surface area contributed by atoms with Crippen molar-refractivity contribution in [2.75, 3.05) is 0 Å². The van der Waals surface area contributed by atoms with E-state index in [1.54, 1.807) is 0 Å². The molecule has 1 heterocycles. The zero-order valence-corrected chi connectivity index (χ0v) is 7.78. The molecule has 1 fully saturated rings. The van der Waals surface area contributed by atoms with Gasteiger partial charge in [0.25, 0.3) is 0 Å². The number of hydrogen-bond acceptors (Lipinski definition) is 3. The smallest absolute Gasteiger partial charge is 0.363 e. The number of hydrogen-bond donors (Lipinski definition) is 4. The van der Waals surface area contributed by atoms with Crippen molar-refractivity contribution in [1.82, 2.24) is 10.6 Å². The topological polar surface area (TPSA) is 81.6 Å². The molecular formula is C6H6F6N2O3. The van der Waals surface area contributed by atoms with Crippen molar-refractivity contribution in [3.63, 3.8) is 0 Å². The van der Waals surface area contributed by atoms with Gasteiger partial charge in [-0.2, -0.15) is 26.3 Å². The monoisotopic (exact) mass is 268 g/mol. The van der Waals surface area contributed by atoms with Gasteiger partial charge in [-0.25, -0.2) is 4.79 Å². The third-order valence-electron chi connectivity index (χ3n) is 2.09. The van der Waals surface area contributed by atoms with Crippen molar-refractivity contribution in [2.45, 2.75) is 30.2 Å². The number of rotatable bonds is 0. The van der Waals surface area contributed by atoms with Crippen molar-refractivity contribution in [1.29, 1.82) is 0 Å². The van der Waals surface area contributed by atoms with Gasteiger partial charge in [-0.05, 0) is 0 Å². The highest BCUT2D eigenvalue weighted by molar-refractivity contribution is 5.76. The summed E-state index contributed by atoms with van der Waals surface area (Å²) in [5, 5.41) is 19.6. The molecule has 1 rings (SSSR count). The summed E-state index contributed by atoms with van der Waals surface area (Å²) in [5.41, 5.74) is -8.31. The molecule has 0 aromatic carbocycles. The highest BCUT2D eigenvalue weighted by atomic mass is 19.4. The van der Waals surface area contributed by atoms with Crippen LogP contribution >= 0.6 is 0 Å². The molecule has 11 heteroatoms. The molecule has 5 nitrogen and oxygen atoms in total. The van der Waals surface area contributed by atoms with Crippen LogP contribution in [0.4, 0.5) is 31.1 Å². The molecule has 1 aliphatic heterocycles. The summed E-state index contributed by atoms with van der Waals surface area (Å²) in [6, 6.07) is -1.99. The Labute approximate surface area is 89.4 Å².